The minimum atomic E-state index is -0.746. The molecule has 5 nitrogen and oxygen atoms in total. The van der Waals surface area contributed by atoms with Gasteiger partial charge >= 0.3 is 6.03 Å². The number of amides is 3. The molecule has 1 aliphatic carbocycles. The summed E-state index contributed by atoms with van der Waals surface area (Å²) < 4.78 is 0. The fraction of sp³-hybridized carbons (Fsp3) is 0.857. The third kappa shape index (κ3) is 3.08. The van der Waals surface area contributed by atoms with Crippen LogP contribution in [0.25, 0.3) is 0 Å². The first-order valence-electron chi connectivity index (χ1n) is 7.17. The SMILES string of the molecule is C[C@@H](C1CC1)N(C)CCCN1C(=O)NC(C)(C)C1=O. The molecule has 1 aliphatic heterocycles. The van der Waals surface area contributed by atoms with Crippen LogP contribution in [0.1, 0.15) is 40.0 Å². The lowest BCUT2D eigenvalue weighted by Gasteiger charge is -2.25. The summed E-state index contributed by atoms with van der Waals surface area (Å²) >= 11 is 0. The van der Waals surface area contributed by atoms with E-state index in [-0.39, 0.29) is 11.9 Å². The minimum absolute atomic E-state index is 0.115. The summed E-state index contributed by atoms with van der Waals surface area (Å²) in [6.07, 6.45) is 3.52. The van der Waals surface area contributed by atoms with Crippen LogP contribution in [0.5, 0.6) is 0 Å². The Morgan fingerprint density at radius 1 is 1.42 bits per heavy atom. The number of carbonyl (C=O) groups excluding carboxylic acids is 2. The molecule has 1 saturated carbocycles. The average Bonchev–Trinajstić information content (AvgIpc) is 3.12. The van der Waals surface area contributed by atoms with Crippen LogP contribution in [0.3, 0.4) is 0 Å². The van der Waals surface area contributed by atoms with Gasteiger partial charge in [0.1, 0.15) is 5.54 Å². The molecule has 2 fully saturated rings. The number of carbonyl (C=O) groups is 2. The van der Waals surface area contributed by atoms with Gasteiger partial charge in [0.05, 0.1) is 0 Å². The molecule has 0 spiro atoms. The maximum Gasteiger partial charge on any atom is 0.325 e. The van der Waals surface area contributed by atoms with Crippen LogP contribution in [0, 0.1) is 5.92 Å². The molecule has 1 heterocycles. The lowest BCUT2D eigenvalue weighted by molar-refractivity contribution is -0.130. The Hall–Kier alpha value is -1.10. The smallest absolute Gasteiger partial charge is 0.324 e. The van der Waals surface area contributed by atoms with Gasteiger partial charge in [-0.25, -0.2) is 4.79 Å². The standard InChI is InChI=1S/C14H25N3O2/c1-10(11-6-7-11)16(4)8-5-9-17-12(18)14(2,3)15-13(17)19/h10-11H,5-9H2,1-4H3,(H,15,19)/t10-/m0/s1. The molecule has 0 unspecified atom stereocenters. The van der Waals surface area contributed by atoms with Crippen molar-refractivity contribution in [1.29, 1.82) is 0 Å². The van der Waals surface area contributed by atoms with E-state index >= 15 is 0 Å². The molecule has 3 amide bonds. The second kappa shape index (κ2) is 5.12. The maximum atomic E-state index is 12.0. The average molecular weight is 267 g/mol. The van der Waals surface area contributed by atoms with Crippen LogP contribution in [-0.4, -0.2) is 53.5 Å². The van der Waals surface area contributed by atoms with Gasteiger partial charge in [0.15, 0.2) is 0 Å². The van der Waals surface area contributed by atoms with Crippen LogP contribution in [0.2, 0.25) is 0 Å². The van der Waals surface area contributed by atoms with Gasteiger partial charge in [-0.1, -0.05) is 0 Å². The molecule has 0 bridgehead atoms. The summed E-state index contributed by atoms with van der Waals surface area (Å²) in [6, 6.07) is 0.354. The molecular formula is C14H25N3O2. The zero-order valence-corrected chi connectivity index (χ0v) is 12.4. The molecule has 19 heavy (non-hydrogen) atoms. The first-order chi connectivity index (χ1) is 8.83. The molecule has 0 aromatic rings. The van der Waals surface area contributed by atoms with Crippen LogP contribution in [0.4, 0.5) is 4.79 Å². The van der Waals surface area contributed by atoms with Crippen LogP contribution >= 0.6 is 0 Å². The number of urea groups is 1. The number of nitrogens with zero attached hydrogens (tertiary/aromatic N) is 2. The maximum absolute atomic E-state index is 12.0. The van der Waals surface area contributed by atoms with E-state index < -0.39 is 5.54 Å². The first kappa shape index (κ1) is 14.3. The zero-order chi connectivity index (χ0) is 14.2. The number of nitrogens with one attached hydrogen (secondary N) is 1. The Bertz CT molecular complexity index is 377. The van der Waals surface area contributed by atoms with Crippen LogP contribution in [-0.2, 0) is 4.79 Å². The monoisotopic (exact) mass is 267 g/mol. The highest BCUT2D eigenvalue weighted by Crippen LogP contribution is 2.34. The lowest BCUT2D eigenvalue weighted by atomic mass is 10.1. The Morgan fingerprint density at radius 2 is 2.05 bits per heavy atom. The summed E-state index contributed by atoms with van der Waals surface area (Å²) in [5.41, 5.74) is -0.746. The second-order valence-corrected chi connectivity index (χ2v) is 6.42. The number of hydrogen-bond acceptors (Lipinski definition) is 3. The van der Waals surface area contributed by atoms with Gasteiger partial charge in [-0.15, -0.1) is 0 Å². The highest BCUT2D eigenvalue weighted by atomic mass is 16.2. The van der Waals surface area contributed by atoms with Crippen molar-refractivity contribution in [2.24, 2.45) is 5.92 Å². The van der Waals surface area contributed by atoms with E-state index in [1.54, 1.807) is 13.8 Å². The van der Waals surface area contributed by atoms with Crippen molar-refractivity contribution in [2.45, 2.75) is 51.6 Å². The summed E-state index contributed by atoms with van der Waals surface area (Å²) in [6.45, 7) is 7.18. The van der Waals surface area contributed by atoms with Gasteiger partial charge in [-0.3, -0.25) is 9.69 Å². The Kier molecular flexibility index (Phi) is 3.85. The van der Waals surface area contributed by atoms with Gasteiger partial charge in [-0.2, -0.15) is 0 Å². The normalized spacial score (nSPS) is 23.9. The van der Waals surface area contributed by atoms with E-state index in [1.807, 2.05) is 0 Å². The number of imide groups is 1. The second-order valence-electron chi connectivity index (χ2n) is 6.42. The van der Waals surface area contributed by atoms with Crippen molar-refractivity contribution in [3.8, 4) is 0 Å². The Morgan fingerprint density at radius 3 is 2.53 bits per heavy atom. The van der Waals surface area contributed by atoms with Gasteiger partial charge in [0.25, 0.3) is 5.91 Å². The fourth-order valence-electron chi connectivity index (χ4n) is 2.64. The van der Waals surface area contributed by atoms with E-state index in [1.165, 1.54) is 17.7 Å². The van der Waals surface area contributed by atoms with E-state index in [0.29, 0.717) is 12.6 Å². The van der Waals surface area contributed by atoms with E-state index in [2.05, 4.69) is 24.2 Å². The van der Waals surface area contributed by atoms with Gasteiger partial charge in [-0.05, 0) is 59.5 Å². The Labute approximate surface area is 115 Å². The van der Waals surface area contributed by atoms with E-state index in [9.17, 15) is 9.59 Å². The van der Waals surface area contributed by atoms with Crippen molar-refractivity contribution in [1.82, 2.24) is 15.1 Å². The third-order valence-corrected chi connectivity index (χ3v) is 4.34. The summed E-state index contributed by atoms with van der Waals surface area (Å²) in [4.78, 5) is 27.4. The molecule has 0 aromatic heterocycles. The molecule has 2 aliphatic rings. The minimum Gasteiger partial charge on any atom is -0.324 e. The lowest BCUT2D eigenvalue weighted by Crippen LogP contribution is -2.40. The van der Waals surface area contributed by atoms with Crippen molar-refractivity contribution < 1.29 is 9.59 Å². The topological polar surface area (TPSA) is 52.6 Å². The molecule has 1 saturated heterocycles. The molecule has 0 aromatic carbocycles. The van der Waals surface area contributed by atoms with Crippen LogP contribution < -0.4 is 5.32 Å². The predicted molar refractivity (Wildman–Crippen MR) is 73.8 cm³/mol. The molecule has 0 radical (unpaired) electrons. The number of rotatable bonds is 6. The summed E-state index contributed by atoms with van der Waals surface area (Å²) in [5.74, 6) is 0.732. The highest BCUT2D eigenvalue weighted by molar-refractivity contribution is 6.06. The molecule has 1 N–H and O–H groups in total. The highest BCUT2D eigenvalue weighted by Gasteiger charge is 2.43. The van der Waals surface area contributed by atoms with Gasteiger partial charge < -0.3 is 10.2 Å². The summed E-state index contributed by atoms with van der Waals surface area (Å²) in [7, 11) is 2.12. The van der Waals surface area contributed by atoms with Crippen molar-refractivity contribution >= 4 is 11.9 Å². The van der Waals surface area contributed by atoms with E-state index in [4.69, 9.17) is 0 Å². The van der Waals surface area contributed by atoms with Gasteiger partial charge in [0.2, 0.25) is 0 Å². The van der Waals surface area contributed by atoms with E-state index in [0.717, 1.165) is 18.9 Å². The van der Waals surface area contributed by atoms with Crippen molar-refractivity contribution in [2.75, 3.05) is 20.1 Å². The van der Waals surface area contributed by atoms with Crippen molar-refractivity contribution in [3.63, 3.8) is 0 Å². The predicted octanol–water partition coefficient (Wildman–Crippen LogP) is 1.44. The molecule has 108 valence electrons. The molecular weight excluding hydrogens is 242 g/mol. The summed E-state index contributed by atoms with van der Waals surface area (Å²) in [5, 5.41) is 2.71. The molecule has 1 atom stereocenters. The zero-order valence-electron chi connectivity index (χ0n) is 12.4. The van der Waals surface area contributed by atoms with Gasteiger partial charge in [0, 0.05) is 12.6 Å². The number of hydrogen-bond donors (Lipinski definition) is 1. The molecule has 5 heteroatoms. The fourth-order valence-corrected chi connectivity index (χ4v) is 2.64. The Balaban J connectivity index is 1.76. The first-order valence-corrected chi connectivity index (χ1v) is 7.17. The third-order valence-electron chi connectivity index (χ3n) is 4.34. The van der Waals surface area contributed by atoms with Crippen LogP contribution in [0.15, 0.2) is 0 Å². The molecule has 2 rings (SSSR count). The van der Waals surface area contributed by atoms with Crippen molar-refractivity contribution in [3.05, 3.63) is 0 Å². The largest absolute Gasteiger partial charge is 0.325 e. The quantitative estimate of drug-likeness (QED) is 0.741.